The van der Waals surface area contributed by atoms with Gasteiger partial charge in [-0.05, 0) is 56.0 Å². The molecule has 0 atom stereocenters. The molecule has 168 valence electrons. The van der Waals surface area contributed by atoms with Crippen LogP contribution in [0.25, 0.3) is 0 Å². The Bertz CT molecular complexity index is 1020. The first-order valence-electron chi connectivity index (χ1n) is 10.4. The van der Waals surface area contributed by atoms with Crippen LogP contribution in [0, 0.1) is 5.92 Å². The van der Waals surface area contributed by atoms with Crippen molar-refractivity contribution < 1.29 is 19.1 Å². The second kappa shape index (κ2) is 9.75. The molecule has 2 aliphatic rings. The summed E-state index contributed by atoms with van der Waals surface area (Å²) in [6, 6.07) is 8.03. The minimum Gasteiger partial charge on any atom is -0.448 e. The second-order valence-electron chi connectivity index (χ2n) is 7.81. The molecule has 1 aromatic carbocycles. The van der Waals surface area contributed by atoms with Gasteiger partial charge in [0.15, 0.2) is 0 Å². The number of rotatable bonds is 5. The lowest BCUT2D eigenvalue weighted by molar-refractivity contribution is -0.121. The van der Waals surface area contributed by atoms with E-state index in [1.807, 2.05) is 0 Å². The van der Waals surface area contributed by atoms with E-state index in [2.05, 4.69) is 15.6 Å². The lowest BCUT2D eigenvalue weighted by atomic mass is 9.84. The molecule has 10 heteroatoms. The van der Waals surface area contributed by atoms with Crippen molar-refractivity contribution in [2.45, 2.75) is 31.7 Å². The maximum Gasteiger partial charge on any atom is 0.410 e. The van der Waals surface area contributed by atoms with Crippen molar-refractivity contribution in [2.75, 3.05) is 23.8 Å². The van der Waals surface area contributed by atoms with Gasteiger partial charge in [0.05, 0.1) is 22.8 Å². The first-order chi connectivity index (χ1) is 15.4. The van der Waals surface area contributed by atoms with E-state index in [4.69, 9.17) is 27.9 Å². The molecule has 2 aromatic rings. The summed E-state index contributed by atoms with van der Waals surface area (Å²) < 4.78 is 5.01. The number of cyclic esters (lactones) is 1. The summed E-state index contributed by atoms with van der Waals surface area (Å²) in [5, 5.41) is 6.37. The van der Waals surface area contributed by atoms with Crippen LogP contribution in [0.3, 0.4) is 0 Å². The number of ether oxygens (including phenoxy) is 1. The van der Waals surface area contributed by atoms with Crippen LogP contribution < -0.4 is 10.6 Å². The van der Waals surface area contributed by atoms with E-state index in [1.165, 1.54) is 12.3 Å². The quantitative estimate of drug-likeness (QED) is 0.656. The maximum absolute atomic E-state index is 12.9. The fourth-order valence-corrected chi connectivity index (χ4v) is 4.35. The number of pyridine rings is 1. The predicted octanol–water partition coefficient (Wildman–Crippen LogP) is 4.59. The zero-order chi connectivity index (χ0) is 22.7. The molecule has 3 amide bonds. The van der Waals surface area contributed by atoms with Crippen LogP contribution in [0.5, 0.6) is 0 Å². The van der Waals surface area contributed by atoms with Gasteiger partial charge in [0, 0.05) is 23.2 Å². The molecule has 4 rings (SSSR count). The van der Waals surface area contributed by atoms with E-state index < -0.39 is 5.91 Å². The third-order valence-corrected chi connectivity index (χ3v) is 6.21. The van der Waals surface area contributed by atoms with Gasteiger partial charge in [0.25, 0.3) is 5.91 Å². The molecule has 2 fully saturated rings. The smallest absolute Gasteiger partial charge is 0.410 e. The summed E-state index contributed by atoms with van der Waals surface area (Å²) in [5.74, 6) is -0.480. The predicted molar refractivity (Wildman–Crippen MR) is 121 cm³/mol. The van der Waals surface area contributed by atoms with Crippen LogP contribution >= 0.6 is 23.2 Å². The molecule has 2 heterocycles. The summed E-state index contributed by atoms with van der Waals surface area (Å²) in [7, 11) is 0. The average molecular weight is 477 g/mol. The van der Waals surface area contributed by atoms with Crippen LogP contribution in [-0.4, -0.2) is 47.0 Å². The topological polar surface area (TPSA) is 101 Å². The van der Waals surface area contributed by atoms with Gasteiger partial charge in [-0.2, -0.15) is 0 Å². The lowest BCUT2D eigenvalue weighted by Gasteiger charge is -2.32. The highest BCUT2D eigenvalue weighted by molar-refractivity contribution is 6.31. The highest BCUT2D eigenvalue weighted by Crippen LogP contribution is 2.31. The van der Waals surface area contributed by atoms with E-state index in [0.29, 0.717) is 47.5 Å². The van der Waals surface area contributed by atoms with Gasteiger partial charge in [-0.3, -0.25) is 9.59 Å². The average Bonchev–Trinajstić information content (AvgIpc) is 3.22. The molecule has 1 saturated carbocycles. The summed E-state index contributed by atoms with van der Waals surface area (Å²) >= 11 is 11.9. The maximum atomic E-state index is 12.9. The number of aromatic nitrogens is 1. The van der Waals surface area contributed by atoms with E-state index in [9.17, 15) is 14.4 Å². The van der Waals surface area contributed by atoms with Crippen LogP contribution in [0.2, 0.25) is 10.0 Å². The van der Waals surface area contributed by atoms with E-state index in [0.717, 1.165) is 12.8 Å². The molecule has 1 aliphatic heterocycles. The fourth-order valence-electron chi connectivity index (χ4n) is 4.07. The molecule has 1 aliphatic carbocycles. The number of nitrogens with one attached hydrogen (secondary N) is 2. The van der Waals surface area contributed by atoms with Crippen molar-refractivity contribution >= 4 is 52.6 Å². The van der Waals surface area contributed by atoms with Gasteiger partial charge in [0.2, 0.25) is 5.91 Å². The normalized spacial score (nSPS) is 20.6. The van der Waals surface area contributed by atoms with Gasteiger partial charge in [0.1, 0.15) is 12.4 Å². The van der Waals surface area contributed by atoms with Crippen molar-refractivity contribution in [3.05, 3.63) is 52.1 Å². The number of hydrogen-bond acceptors (Lipinski definition) is 5. The Balaban J connectivity index is 1.40. The molecule has 32 heavy (non-hydrogen) atoms. The number of hydrogen-bond donors (Lipinski definition) is 2. The highest BCUT2D eigenvalue weighted by Gasteiger charge is 2.34. The third-order valence-electron chi connectivity index (χ3n) is 5.75. The largest absolute Gasteiger partial charge is 0.448 e. The number of carbonyl (C=O) groups is 3. The summed E-state index contributed by atoms with van der Waals surface area (Å²) in [5.41, 5.74) is 0.604. The molecule has 0 spiro atoms. The third kappa shape index (κ3) is 5.14. The zero-order valence-corrected chi connectivity index (χ0v) is 18.7. The molecule has 2 N–H and O–H groups in total. The Morgan fingerprint density at radius 2 is 1.78 bits per heavy atom. The second-order valence-corrected chi connectivity index (χ2v) is 8.68. The van der Waals surface area contributed by atoms with Gasteiger partial charge in [-0.1, -0.05) is 23.2 Å². The number of amides is 3. The molecular formula is C22H22Cl2N4O4. The summed E-state index contributed by atoms with van der Waals surface area (Å²) in [6.07, 6.45) is 3.95. The summed E-state index contributed by atoms with van der Waals surface area (Å²) in [6.45, 7) is 1.03. The highest BCUT2D eigenvalue weighted by atomic mass is 35.5. The van der Waals surface area contributed by atoms with Crippen LogP contribution in [0.1, 0.15) is 36.0 Å². The van der Waals surface area contributed by atoms with Gasteiger partial charge < -0.3 is 20.3 Å². The fraction of sp³-hybridized carbons (Fsp3) is 0.364. The molecule has 1 aromatic heterocycles. The minimum atomic E-state index is -0.450. The van der Waals surface area contributed by atoms with E-state index >= 15 is 0 Å². The standard InChI is InChI=1S/C22H22Cl2N4O4/c23-14-3-7-18(17(11-14)21(30)27-19-8-4-15(24)12-25-19)26-20(29)13-1-5-16(6-2-13)28-9-10-32-22(28)31/h3-4,7-8,11-13,16H,1-2,5-6,9-10H2,(H,26,29)(H,25,27,30). The van der Waals surface area contributed by atoms with E-state index in [-0.39, 0.29) is 29.5 Å². The van der Waals surface area contributed by atoms with E-state index in [1.54, 1.807) is 29.2 Å². The van der Waals surface area contributed by atoms with Crippen LogP contribution in [0.4, 0.5) is 16.3 Å². The Labute approximate surface area is 195 Å². The molecule has 1 saturated heterocycles. The number of halogens is 2. The number of carbonyl (C=O) groups excluding carboxylic acids is 3. The monoisotopic (exact) mass is 476 g/mol. The minimum absolute atomic E-state index is 0.109. The van der Waals surface area contributed by atoms with Crippen LogP contribution in [0.15, 0.2) is 36.5 Å². The Hall–Kier alpha value is -2.84. The van der Waals surface area contributed by atoms with Crippen molar-refractivity contribution in [3.63, 3.8) is 0 Å². The summed E-state index contributed by atoms with van der Waals surface area (Å²) in [4.78, 5) is 43.3. The lowest BCUT2D eigenvalue weighted by Crippen LogP contribution is -2.40. The Morgan fingerprint density at radius 3 is 2.44 bits per heavy atom. The first-order valence-corrected chi connectivity index (χ1v) is 11.1. The molecule has 0 radical (unpaired) electrons. The van der Waals surface area contributed by atoms with Gasteiger partial charge in [-0.15, -0.1) is 0 Å². The number of benzene rings is 1. The molecular weight excluding hydrogens is 455 g/mol. The van der Waals surface area contributed by atoms with Crippen molar-refractivity contribution in [2.24, 2.45) is 5.92 Å². The zero-order valence-electron chi connectivity index (χ0n) is 17.1. The first kappa shape index (κ1) is 22.4. The Morgan fingerprint density at radius 1 is 1.03 bits per heavy atom. The van der Waals surface area contributed by atoms with Crippen LogP contribution in [-0.2, 0) is 9.53 Å². The molecule has 0 bridgehead atoms. The molecule has 8 nitrogen and oxygen atoms in total. The van der Waals surface area contributed by atoms with Crippen molar-refractivity contribution in [1.29, 1.82) is 0 Å². The van der Waals surface area contributed by atoms with Crippen molar-refractivity contribution in [3.8, 4) is 0 Å². The Kier molecular flexibility index (Phi) is 6.81. The van der Waals surface area contributed by atoms with Gasteiger partial charge in [-0.25, -0.2) is 9.78 Å². The molecule has 0 unspecified atom stereocenters. The van der Waals surface area contributed by atoms with Gasteiger partial charge >= 0.3 is 6.09 Å². The number of anilines is 2. The SMILES string of the molecule is O=C(Nc1ccc(Cl)cn1)c1cc(Cl)ccc1NC(=O)C1CCC(N2CCOC2=O)CC1. The number of nitrogens with zero attached hydrogens (tertiary/aromatic N) is 2. The van der Waals surface area contributed by atoms with Crippen molar-refractivity contribution in [1.82, 2.24) is 9.88 Å².